The average molecular weight is 428 g/mol. The van der Waals surface area contributed by atoms with Crippen LogP contribution in [0.25, 0.3) is 0 Å². The highest BCUT2D eigenvalue weighted by Gasteiger charge is 2.59. The van der Waals surface area contributed by atoms with Crippen molar-refractivity contribution in [2.24, 2.45) is 11.8 Å². The highest BCUT2D eigenvalue weighted by Crippen LogP contribution is 2.47. The number of amides is 2. The molecule has 1 aliphatic heterocycles. The van der Waals surface area contributed by atoms with Gasteiger partial charge in [0.2, 0.25) is 5.91 Å². The predicted molar refractivity (Wildman–Crippen MR) is 125 cm³/mol. The Bertz CT molecular complexity index is 1020. The van der Waals surface area contributed by atoms with E-state index in [1.165, 1.54) is 4.90 Å². The molecule has 4 nitrogen and oxygen atoms in total. The Hall–Kier alpha value is -3.40. The van der Waals surface area contributed by atoms with Gasteiger partial charge >= 0.3 is 6.09 Å². The lowest BCUT2D eigenvalue weighted by molar-refractivity contribution is -0.134. The van der Waals surface area contributed by atoms with E-state index in [0.29, 0.717) is 6.42 Å². The van der Waals surface area contributed by atoms with Crippen LogP contribution in [0, 0.1) is 11.8 Å². The molecule has 4 rings (SSSR count). The number of nitrogens with zero attached hydrogens (tertiary/aromatic N) is 1. The minimum atomic E-state index is -1.06. The van der Waals surface area contributed by atoms with Gasteiger partial charge in [0, 0.05) is 17.0 Å². The topological polar surface area (TPSA) is 46.6 Å². The fourth-order valence-corrected chi connectivity index (χ4v) is 4.83. The molecule has 3 aromatic carbocycles. The third-order valence-electron chi connectivity index (χ3n) is 6.22. The SMILES string of the molecule is CC(C)[C@H]1N(C(=O)[C@@H](C)Cc2ccccc2)C(=O)OC1(c1ccccc1)c1ccccc1. The summed E-state index contributed by atoms with van der Waals surface area (Å²) < 4.78 is 6.20. The Labute approximate surface area is 189 Å². The zero-order chi connectivity index (χ0) is 22.7. The van der Waals surface area contributed by atoms with E-state index in [2.05, 4.69) is 0 Å². The quantitative estimate of drug-likeness (QED) is 0.498. The lowest BCUT2D eigenvalue weighted by atomic mass is 9.75. The zero-order valence-corrected chi connectivity index (χ0v) is 18.8. The maximum absolute atomic E-state index is 13.7. The van der Waals surface area contributed by atoms with E-state index in [4.69, 9.17) is 4.74 Å². The fourth-order valence-electron chi connectivity index (χ4n) is 4.83. The summed E-state index contributed by atoms with van der Waals surface area (Å²) in [6, 6.07) is 28.9. The first-order valence-corrected chi connectivity index (χ1v) is 11.2. The van der Waals surface area contributed by atoms with Gasteiger partial charge < -0.3 is 4.74 Å². The van der Waals surface area contributed by atoms with Gasteiger partial charge in [-0.15, -0.1) is 0 Å². The fraction of sp³-hybridized carbons (Fsp3) is 0.286. The van der Waals surface area contributed by atoms with Crippen molar-refractivity contribution in [2.45, 2.75) is 38.8 Å². The molecule has 4 heteroatoms. The summed E-state index contributed by atoms with van der Waals surface area (Å²) in [6.45, 7) is 5.95. The van der Waals surface area contributed by atoms with Crippen LogP contribution in [-0.4, -0.2) is 22.9 Å². The number of rotatable bonds is 6. The monoisotopic (exact) mass is 427 g/mol. The summed E-state index contributed by atoms with van der Waals surface area (Å²) in [5.41, 5.74) is 1.74. The highest BCUT2D eigenvalue weighted by atomic mass is 16.6. The third kappa shape index (κ3) is 3.81. The third-order valence-corrected chi connectivity index (χ3v) is 6.22. The Morgan fingerprint density at radius 2 is 1.31 bits per heavy atom. The predicted octanol–water partition coefficient (Wildman–Crippen LogP) is 5.81. The Kier molecular flexibility index (Phi) is 6.13. The lowest BCUT2D eigenvalue weighted by Crippen LogP contribution is -2.51. The highest BCUT2D eigenvalue weighted by molar-refractivity contribution is 5.96. The second-order valence-corrected chi connectivity index (χ2v) is 8.82. The van der Waals surface area contributed by atoms with E-state index >= 15 is 0 Å². The van der Waals surface area contributed by atoms with Crippen LogP contribution in [0.4, 0.5) is 4.79 Å². The van der Waals surface area contributed by atoms with Crippen LogP contribution in [0.3, 0.4) is 0 Å². The van der Waals surface area contributed by atoms with Crippen LogP contribution < -0.4 is 0 Å². The molecular weight excluding hydrogens is 398 g/mol. The first kappa shape index (κ1) is 21.8. The number of carbonyl (C=O) groups excluding carboxylic acids is 2. The molecule has 2 atom stereocenters. The molecule has 3 aromatic rings. The van der Waals surface area contributed by atoms with Crippen molar-refractivity contribution in [1.82, 2.24) is 4.90 Å². The second-order valence-electron chi connectivity index (χ2n) is 8.82. The maximum atomic E-state index is 13.7. The van der Waals surface area contributed by atoms with E-state index in [1.807, 2.05) is 112 Å². The number of ether oxygens (including phenoxy) is 1. The smallest absolute Gasteiger partial charge is 0.418 e. The van der Waals surface area contributed by atoms with Gasteiger partial charge in [0.1, 0.15) is 0 Å². The Morgan fingerprint density at radius 1 is 0.844 bits per heavy atom. The first-order valence-electron chi connectivity index (χ1n) is 11.2. The summed E-state index contributed by atoms with van der Waals surface area (Å²) in [7, 11) is 0. The van der Waals surface area contributed by atoms with Gasteiger partial charge in [-0.3, -0.25) is 4.79 Å². The van der Waals surface area contributed by atoms with Gasteiger partial charge in [-0.1, -0.05) is 112 Å². The van der Waals surface area contributed by atoms with Crippen LogP contribution in [0.5, 0.6) is 0 Å². The summed E-state index contributed by atoms with van der Waals surface area (Å²) in [6.07, 6.45) is -0.0147. The molecule has 0 spiro atoms. The van der Waals surface area contributed by atoms with E-state index in [-0.39, 0.29) is 17.7 Å². The summed E-state index contributed by atoms with van der Waals surface area (Å²) in [5.74, 6) is -0.574. The first-order chi connectivity index (χ1) is 15.4. The van der Waals surface area contributed by atoms with Gasteiger partial charge in [-0.05, 0) is 17.9 Å². The van der Waals surface area contributed by atoms with Crippen molar-refractivity contribution in [1.29, 1.82) is 0 Å². The molecule has 0 unspecified atom stereocenters. The number of hydrogen-bond acceptors (Lipinski definition) is 3. The second kappa shape index (κ2) is 8.99. The van der Waals surface area contributed by atoms with Crippen LogP contribution in [0.1, 0.15) is 37.5 Å². The van der Waals surface area contributed by atoms with Gasteiger partial charge in [-0.2, -0.15) is 0 Å². The minimum Gasteiger partial charge on any atom is -0.430 e. The molecule has 1 aliphatic rings. The summed E-state index contributed by atoms with van der Waals surface area (Å²) >= 11 is 0. The molecule has 0 bridgehead atoms. The van der Waals surface area contributed by atoms with E-state index in [9.17, 15) is 9.59 Å². The van der Waals surface area contributed by atoms with Crippen LogP contribution in [0.15, 0.2) is 91.0 Å². The molecular formula is C28H29NO3. The molecule has 0 saturated carbocycles. The maximum Gasteiger partial charge on any atom is 0.418 e. The number of benzene rings is 3. The molecule has 0 N–H and O–H groups in total. The van der Waals surface area contributed by atoms with E-state index < -0.39 is 17.7 Å². The summed E-state index contributed by atoms with van der Waals surface area (Å²) in [4.78, 5) is 28.4. The molecule has 164 valence electrons. The molecule has 2 amide bonds. The number of imide groups is 1. The lowest BCUT2D eigenvalue weighted by Gasteiger charge is -2.38. The zero-order valence-electron chi connectivity index (χ0n) is 18.8. The van der Waals surface area contributed by atoms with Crippen LogP contribution in [-0.2, 0) is 21.6 Å². The molecule has 32 heavy (non-hydrogen) atoms. The summed E-state index contributed by atoms with van der Waals surface area (Å²) in [5, 5.41) is 0. The molecule has 0 aromatic heterocycles. The van der Waals surface area contributed by atoms with Gasteiger partial charge in [0.25, 0.3) is 0 Å². The van der Waals surface area contributed by atoms with Crippen molar-refractivity contribution < 1.29 is 14.3 Å². The van der Waals surface area contributed by atoms with Gasteiger partial charge in [-0.25, -0.2) is 9.69 Å². The molecule has 1 heterocycles. The van der Waals surface area contributed by atoms with Crippen molar-refractivity contribution >= 4 is 12.0 Å². The minimum absolute atomic E-state index is 0.0188. The molecule has 0 radical (unpaired) electrons. The average Bonchev–Trinajstić information content (AvgIpc) is 3.14. The Balaban J connectivity index is 1.78. The standard InChI is InChI=1S/C28H29NO3/c1-20(2)25-28(23-15-9-5-10-16-23,24-17-11-6-12-18-24)32-27(31)29(25)26(30)21(3)19-22-13-7-4-8-14-22/h4-18,20-21,25H,19H2,1-3H3/t21-,25+/m0/s1. The normalized spacial score (nSPS) is 18.4. The van der Waals surface area contributed by atoms with E-state index in [1.54, 1.807) is 0 Å². The molecule has 0 aliphatic carbocycles. The number of hydrogen-bond donors (Lipinski definition) is 0. The van der Waals surface area contributed by atoms with Crippen molar-refractivity contribution in [3.05, 3.63) is 108 Å². The van der Waals surface area contributed by atoms with Crippen LogP contribution >= 0.6 is 0 Å². The van der Waals surface area contributed by atoms with Gasteiger partial charge in [0.05, 0.1) is 6.04 Å². The molecule has 1 fully saturated rings. The van der Waals surface area contributed by atoms with Crippen molar-refractivity contribution in [3.63, 3.8) is 0 Å². The van der Waals surface area contributed by atoms with E-state index in [0.717, 1.165) is 16.7 Å². The van der Waals surface area contributed by atoms with Crippen molar-refractivity contribution in [3.8, 4) is 0 Å². The Morgan fingerprint density at radius 3 is 1.78 bits per heavy atom. The molecule has 1 saturated heterocycles. The van der Waals surface area contributed by atoms with Crippen LogP contribution in [0.2, 0.25) is 0 Å². The number of carbonyl (C=O) groups is 2. The van der Waals surface area contributed by atoms with Crippen molar-refractivity contribution in [2.75, 3.05) is 0 Å². The van der Waals surface area contributed by atoms with Gasteiger partial charge in [0.15, 0.2) is 5.60 Å². The number of cyclic esters (lactones) is 1. The largest absolute Gasteiger partial charge is 0.430 e.